The van der Waals surface area contributed by atoms with Gasteiger partial charge in [-0.1, -0.05) is 30.7 Å². The zero-order valence-electron chi connectivity index (χ0n) is 16.8. The number of carbonyl (C=O) groups is 1. The Labute approximate surface area is 174 Å². The van der Waals surface area contributed by atoms with E-state index in [1.165, 1.54) is 43.5 Å². The lowest BCUT2D eigenvalue weighted by molar-refractivity contribution is -0.138. The highest BCUT2D eigenvalue weighted by Crippen LogP contribution is 2.35. The van der Waals surface area contributed by atoms with Gasteiger partial charge in [0, 0.05) is 6.54 Å². The molecule has 0 bridgehead atoms. The molecular formula is C23H26F3NO3. The molecule has 0 radical (unpaired) electrons. The topological polar surface area (TPSA) is 49.8 Å². The van der Waals surface area contributed by atoms with Crippen LogP contribution in [0.25, 0.3) is 0 Å². The monoisotopic (exact) mass is 421 g/mol. The first-order valence-electron chi connectivity index (χ1n) is 10.2. The fourth-order valence-corrected chi connectivity index (χ4v) is 3.81. The van der Waals surface area contributed by atoms with E-state index in [0.29, 0.717) is 12.2 Å². The van der Waals surface area contributed by atoms with Crippen LogP contribution >= 0.6 is 0 Å². The van der Waals surface area contributed by atoms with Gasteiger partial charge in [-0.2, -0.15) is 13.2 Å². The number of rotatable bonds is 8. The van der Waals surface area contributed by atoms with Crippen molar-refractivity contribution in [1.82, 2.24) is 4.90 Å². The second kappa shape index (κ2) is 9.98. The maximum atomic E-state index is 13.6. The summed E-state index contributed by atoms with van der Waals surface area (Å²) < 4.78 is 46.5. The largest absolute Gasteiger partial charge is 0.494 e. The van der Waals surface area contributed by atoms with Gasteiger partial charge in [0.15, 0.2) is 0 Å². The number of alkyl halides is 3. The smallest absolute Gasteiger partial charge is 0.416 e. The van der Waals surface area contributed by atoms with Crippen molar-refractivity contribution in [1.29, 1.82) is 0 Å². The van der Waals surface area contributed by atoms with Crippen LogP contribution in [0.4, 0.5) is 13.2 Å². The van der Waals surface area contributed by atoms with Crippen LogP contribution in [0.3, 0.4) is 0 Å². The average molecular weight is 421 g/mol. The van der Waals surface area contributed by atoms with Crippen molar-refractivity contribution in [3.05, 3.63) is 64.7 Å². The first kappa shape index (κ1) is 22.2. The molecule has 1 fully saturated rings. The van der Waals surface area contributed by atoms with Crippen molar-refractivity contribution in [2.24, 2.45) is 0 Å². The van der Waals surface area contributed by atoms with Crippen LogP contribution in [0, 0.1) is 0 Å². The van der Waals surface area contributed by atoms with Crippen molar-refractivity contribution in [3.63, 3.8) is 0 Å². The van der Waals surface area contributed by atoms with Gasteiger partial charge in [0.05, 0.1) is 17.7 Å². The van der Waals surface area contributed by atoms with Crippen molar-refractivity contribution < 1.29 is 27.8 Å². The second-order valence-corrected chi connectivity index (χ2v) is 7.56. The fourth-order valence-electron chi connectivity index (χ4n) is 3.81. The normalized spacial score (nSPS) is 15.2. The van der Waals surface area contributed by atoms with E-state index < -0.39 is 17.7 Å². The molecule has 0 unspecified atom stereocenters. The highest BCUT2D eigenvalue weighted by Gasteiger charge is 2.34. The number of nitrogens with zero attached hydrogens (tertiary/aromatic N) is 1. The van der Waals surface area contributed by atoms with Crippen LogP contribution in [0.5, 0.6) is 5.75 Å². The fraction of sp³-hybridized carbons (Fsp3) is 0.435. The third kappa shape index (κ3) is 5.98. The van der Waals surface area contributed by atoms with Gasteiger partial charge in [-0.15, -0.1) is 0 Å². The molecule has 1 aliphatic rings. The van der Waals surface area contributed by atoms with Crippen LogP contribution in [0.2, 0.25) is 0 Å². The van der Waals surface area contributed by atoms with Gasteiger partial charge < -0.3 is 14.7 Å². The Hall–Kier alpha value is -2.54. The zero-order chi connectivity index (χ0) is 21.6. The second-order valence-electron chi connectivity index (χ2n) is 7.56. The summed E-state index contributed by atoms with van der Waals surface area (Å²) in [6.45, 7) is 3.39. The highest BCUT2D eigenvalue weighted by molar-refractivity contribution is 5.89. The highest BCUT2D eigenvalue weighted by atomic mass is 19.4. The molecule has 0 saturated carbocycles. The summed E-state index contributed by atoms with van der Waals surface area (Å²) in [5, 5.41) is 9.29. The van der Waals surface area contributed by atoms with Gasteiger partial charge >= 0.3 is 12.1 Å². The Morgan fingerprint density at radius 2 is 1.77 bits per heavy atom. The van der Waals surface area contributed by atoms with Gasteiger partial charge in [0.25, 0.3) is 0 Å². The van der Waals surface area contributed by atoms with Crippen LogP contribution in [0.1, 0.15) is 52.7 Å². The van der Waals surface area contributed by atoms with Gasteiger partial charge in [-0.05, 0) is 68.1 Å². The van der Waals surface area contributed by atoms with E-state index in [9.17, 15) is 23.1 Å². The number of carboxylic acid groups (broad SMARTS) is 1. The van der Waals surface area contributed by atoms with Crippen molar-refractivity contribution in [2.45, 2.75) is 38.3 Å². The Balaban J connectivity index is 1.69. The van der Waals surface area contributed by atoms with E-state index in [-0.39, 0.29) is 23.3 Å². The molecule has 0 aliphatic carbocycles. The van der Waals surface area contributed by atoms with E-state index in [1.807, 2.05) is 0 Å². The maximum Gasteiger partial charge on any atom is 0.416 e. The summed E-state index contributed by atoms with van der Waals surface area (Å²) in [4.78, 5) is 13.7. The SMILES string of the molecule is O=C(O)c1ccccc1Cc1ccc(OCCCN2CCCCC2)cc1C(F)(F)F. The van der Waals surface area contributed by atoms with Gasteiger partial charge in [0.1, 0.15) is 5.75 Å². The summed E-state index contributed by atoms with van der Waals surface area (Å²) >= 11 is 0. The summed E-state index contributed by atoms with van der Waals surface area (Å²) in [6, 6.07) is 10.0. The van der Waals surface area contributed by atoms with Crippen LogP contribution < -0.4 is 4.74 Å². The molecule has 0 atom stereocenters. The minimum Gasteiger partial charge on any atom is -0.494 e. The molecule has 0 amide bonds. The molecule has 1 aliphatic heterocycles. The van der Waals surface area contributed by atoms with E-state index >= 15 is 0 Å². The zero-order valence-corrected chi connectivity index (χ0v) is 16.8. The van der Waals surface area contributed by atoms with Gasteiger partial charge in [-0.3, -0.25) is 0 Å². The summed E-state index contributed by atoms with van der Waals surface area (Å²) in [5.74, 6) is -0.982. The number of hydrogen-bond acceptors (Lipinski definition) is 3. The molecule has 2 aromatic carbocycles. The average Bonchev–Trinajstić information content (AvgIpc) is 2.72. The predicted octanol–water partition coefficient (Wildman–Crippen LogP) is 5.25. The van der Waals surface area contributed by atoms with Crippen LogP contribution in [0.15, 0.2) is 42.5 Å². The first-order valence-corrected chi connectivity index (χ1v) is 10.2. The number of aromatic carboxylic acids is 1. The Morgan fingerprint density at radius 3 is 2.47 bits per heavy atom. The van der Waals surface area contributed by atoms with Crippen molar-refractivity contribution >= 4 is 5.97 Å². The number of ether oxygens (including phenoxy) is 1. The summed E-state index contributed by atoms with van der Waals surface area (Å²) in [5.41, 5.74) is -0.428. The number of likely N-dealkylation sites (tertiary alicyclic amines) is 1. The summed E-state index contributed by atoms with van der Waals surface area (Å²) in [7, 11) is 0. The lowest BCUT2D eigenvalue weighted by Gasteiger charge is -2.26. The van der Waals surface area contributed by atoms with E-state index in [1.54, 1.807) is 12.1 Å². The van der Waals surface area contributed by atoms with Crippen LogP contribution in [-0.4, -0.2) is 42.2 Å². The molecule has 7 heteroatoms. The molecule has 1 saturated heterocycles. The minimum absolute atomic E-state index is 0.00339. The molecular weight excluding hydrogens is 395 g/mol. The number of carboxylic acids is 1. The molecule has 162 valence electrons. The molecule has 0 spiro atoms. The van der Waals surface area contributed by atoms with E-state index in [2.05, 4.69) is 4.90 Å². The predicted molar refractivity (Wildman–Crippen MR) is 108 cm³/mol. The van der Waals surface area contributed by atoms with Gasteiger partial charge in [0.2, 0.25) is 0 Å². The maximum absolute atomic E-state index is 13.6. The lowest BCUT2D eigenvalue weighted by atomic mass is 9.96. The van der Waals surface area contributed by atoms with Gasteiger partial charge in [-0.25, -0.2) is 4.79 Å². The molecule has 4 nitrogen and oxygen atoms in total. The van der Waals surface area contributed by atoms with E-state index in [0.717, 1.165) is 32.1 Å². The minimum atomic E-state index is -4.55. The quantitative estimate of drug-likeness (QED) is 0.592. The van der Waals surface area contributed by atoms with Crippen molar-refractivity contribution in [3.8, 4) is 5.75 Å². The Kier molecular flexibility index (Phi) is 7.37. The number of halogens is 3. The molecule has 30 heavy (non-hydrogen) atoms. The standard InChI is InChI=1S/C23H26F3NO3/c24-23(25,26)21-16-19(30-14-6-13-27-11-4-1-5-12-27)10-9-18(21)15-17-7-2-3-8-20(17)22(28)29/h2-3,7-10,16H,1,4-6,11-15H2,(H,28,29). The number of hydrogen-bond donors (Lipinski definition) is 1. The van der Waals surface area contributed by atoms with E-state index in [4.69, 9.17) is 4.74 Å². The first-order chi connectivity index (χ1) is 14.3. The molecule has 1 N–H and O–H groups in total. The Morgan fingerprint density at radius 1 is 1.03 bits per heavy atom. The summed E-state index contributed by atoms with van der Waals surface area (Å²) in [6.07, 6.45) is -0.261. The molecule has 1 heterocycles. The third-order valence-corrected chi connectivity index (χ3v) is 5.35. The van der Waals surface area contributed by atoms with Crippen molar-refractivity contribution in [2.75, 3.05) is 26.2 Å². The number of piperidine rings is 1. The third-order valence-electron chi connectivity index (χ3n) is 5.35. The molecule has 2 aromatic rings. The van der Waals surface area contributed by atoms with Crippen LogP contribution in [-0.2, 0) is 12.6 Å². The molecule has 3 rings (SSSR count). The number of benzene rings is 2. The lowest BCUT2D eigenvalue weighted by Crippen LogP contribution is -2.31. The molecule has 0 aromatic heterocycles. The Bertz CT molecular complexity index is 861.